The van der Waals surface area contributed by atoms with E-state index >= 15 is 0 Å². The number of hydrogen-bond acceptors (Lipinski definition) is 4. The Hall–Kier alpha value is -2.41. The molecule has 4 nitrogen and oxygen atoms in total. The fraction of sp³-hybridized carbons (Fsp3) is 0.235. The van der Waals surface area contributed by atoms with Crippen LogP contribution in [0, 0.1) is 0 Å². The van der Waals surface area contributed by atoms with Crippen molar-refractivity contribution in [1.29, 1.82) is 0 Å². The number of alkyl halides is 3. The van der Waals surface area contributed by atoms with E-state index in [4.69, 9.17) is 21.1 Å². The Labute approximate surface area is 147 Å². The van der Waals surface area contributed by atoms with Gasteiger partial charge in [0.1, 0.15) is 18.1 Å². The molecule has 0 aliphatic carbocycles. The monoisotopic (exact) mass is 374 g/mol. The molecule has 1 atom stereocenters. The van der Waals surface area contributed by atoms with E-state index in [2.05, 4.69) is 4.74 Å². The summed E-state index contributed by atoms with van der Waals surface area (Å²) in [5.41, 5.74) is -0.894. The number of carbonyl (C=O) groups excluding carboxylic acids is 1. The number of carbonyl (C=O) groups is 1. The molecule has 0 aromatic heterocycles. The van der Waals surface area contributed by atoms with Crippen LogP contribution >= 0.6 is 11.6 Å². The van der Waals surface area contributed by atoms with Gasteiger partial charge in [-0.2, -0.15) is 13.2 Å². The summed E-state index contributed by atoms with van der Waals surface area (Å²) in [6.45, 7) is -0.285. The molecule has 0 bridgehead atoms. The van der Waals surface area contributed by atoms with Crippen LogP contribution in [0.1, 0.15) is 5.56 Å². The average molecular weight is 375 g/mol. The lowest BCUT2D eigenvalue weighted by Crippen LogP contribution is -2.34. The van der Waals surface area contributed by atoms with Gasteiger partial charge in [0, 0.05) is 0 Å². The zero-order chi connectivity index (χ0) is 18.4. The fourth-order valence-corrected chi connectivity index (χ4v) is 2.14. The summed E-state index contributed by atoms with van der Waals surface area (Å²) in [6.07, 6.45) is -5.61. The maximum absolute atomic E-state index is 12.6. The van der Waals surface area contributed by atoms with Crippen LogP contribution in [-0.2, 0) is 15.7 Å². The smallest absolute Gasteiger partial charge is 0.416 e. The van der Waals surface area contributed by atoms with E-state index in [0.717, 1.165) is 18.2 Å². The normalized spacial score (nSPS) is 12.4. The number of benzene rings is 2. The van der Waals surface area contributed by atoms with Crippen molar-refractivity contribution in [3.8, 4) is 11.5 Å². The van der Waals surface area contributed by atoms with Crippen molar-refractivity contribution in [1.82, 2.24) is 0 Å². The van der Waals surface area contributed by atoms with Crippen molar-refractivity contribution in [3.05, 3.63) is 59.1 Å². The minimum absolute atomic E-state index is 0.000214. The minimum atomic E-state index is -4.51. The third-order valence-electron chi connectivity index (χ3n) is 3.14. The summed E-state index contributed by atoms with van der Waals surface area (Å²) >= 11 is 5.81. The van der Waals surface area contributed by atoms with E-state index in [1.807, 2.05) is 0 Å². The van der Waals surface area contributed by atoms with Gasteiger partial charge in [0.15, 0.2) is 0 Å². The summed E-state index contributed by atoms with van der Waals surface area (Å²) in [7, 11) is 1.19. The molecule has 0 saturated carbocycles. The molecule has 2 aromatic rings. The van der Waals surface area contributed by atoms with Gasteiger partial charge in [0.05, 0.1) is 17.7 Å². The van der Waals surface area contributed by atoms with Crippen LogP contribution in [-0.4, -0.2) is 25.8 Å². The lowest BCUT2D eigenvalue weighted by Gasteiger charge is -2.18. The van der Waals surface area contributed by atoms with Crippen LogP contribution in [0.25, 0.3) is 0 Å². The van der Waals surface area contributed by atoms with Gasteiger partial charge in [-0.1, -0.05) is 29.8 Å². The number of rotatable bonds is 6. The molecule has 1 unspecified atom stereocenters. The molecule has 134 valence electrons. The lowest BCUT2D eigenvalue weighted by molar-refractivity contribution is -0.150. The topological polar surface area (TPSA) is 44.8 Å². The maximum atomic E-state index is 12.6. The molecule has 0 heterocycles. The molecule has 2 rings (SSSR count). The van der Waals surface area contributed by atoms with E-state index in [0.29, 0.717) is 5.75 Å². The lowest BCUT2D eigenvalue weighted by atomic mass is 10.2. The zero-order valence-electron chi connectivity index (χ0n) is 13.0. The first-order valence-electron chi connectivity index (χ1n) is 7.10. The molecule has 8 heteroatoms. The van der Waals surface area contributed by atoms with Crippen LogP contribution in [0.3, 0.4) is 0 Å². The first kappa shape index (κ1) is 18.9. The highest BCUT2D eigenvalue weighted by Gasteiger charge is 2.31. The van der Waals surface area contributed by atoms with Crippen LogP contribution in [0.15, 0.2) is 48.5 Å². The van der Waals surface area contributed by atoms with E-state index in [1.165, 1.54) is 7.11 Å². The summed E-state index contributed by atoms with van der Waals surface area (Å²) in [5.74, 6) is -0.271. The van der Waals surface area contributed by atoms with Gasteiger partial charge in [0.2, 0.25) is 6.10 Å². The Morgan fingerprint density at radius 1 is 1.16 bits per heavy atom. The Bertz CT molecular complexity index is 720. The highest BCUT2D eigenvalue weighted by atomic mass is 35.5. The van der Waals surface area contributed by atoms with Crippen molar-refractivity contribution >= 4 is 17.6 Å². The summed E-state index contributed by atoms with van der Waals surface area (Å²) in [5, 5.41) is -0.224. The Morgan fingerprint density at radius 2 is 1.84 bits per heavy atom. The molecule has 0 aliphatic heterocycles. The summed E-state index contributed by atoms with van der Waals surface area (Å²) in [6, 6.07) is 11.2. The molecule has 0 radical (unpaired) electrons. The molecule has 0 saturated heterocycles. The Morgan fingerprint density at radius 3 is 2.40 bits per heavy atom. The second-order valence-electron chi connectivity index (χ2n) is 4.90. The highest BCUT2D eigenvalue weighted by molar-refractivity contribution is 6.32. The Kier molecular flexibility index (Phi) is 6.14. The molecule has 0 fully saturated rings. The first-order valence-corrected chi connectivity index (χ1v) is 7.48. The second kappa shape index (κ2) is 8.11. The standard InChI is InChI=1S/C17H14ClF3O4/c1-23-16(22)15(25-12-5-3-2-4-6-12)10-24-14-8-7-11(9-13(14)18)17(19,20)21/h2-9,15H,10H2,1H3. The minimum Gasteiger partial charge on any atom is -0.488 e. The highest BCUT2D eigenvalue weighted by Crippen LogP contribution is 2.34. The molecule has 0 aliphatic rings. The second-order valence-corrected chi connectivity index (χ2v) is 5.30. The molecule has 0 amide bonds. The van der Waals surface area contributed by atoms with E-state index in [9.17, 15) is 18.0 Å². The maximum Gasteiger partial charge on any atom is 0.416 e. The van der Waals surface area contributed by atoms with Crippen LogP contribution in [0.2, 0.25) is 5.02 Å². The number of ether oxygens (including phenoxy) is 3. The number of para-hydroxylation sites is 1. The third kappa shape index (κ3) is 5.29. The third-order valence-corrected chi connectivity index (χ3v) is 3.43. The van der Waals surface area contributed by atoms with Gasteiger partial charge in [-0.15, -0.1) is 0 Å². The van der Waals surface area contributed by atoms with Gasteiger partial charge in [-0.05, 0) is 30.3 Å². The molecule has 0 N–H and O–H groups in total. The van der Waals surface area contributed by atoms with E-state index in [-0.39, 0.29) is 17.4 Å². The van der Waals surface area contributed by atoms with E-state index in [1.54, 1.807) is 30.3 Å². The van der Waals surface area contributed by atoms with Crippen molar-refractivity contribution in [3.63, 3.8) is 0 Å². The predicted molar refractivity (Wildman–Crippen MR) is 84.8 cm³/mol. The van der Waals surface area contributed by atoms with Crippen LogP contribution < -0.4 is 9.47 Å². The van der Waals surface area contributed by atoms with Crippen molar-refractivity contribution < 1.29 is 32.2 Å². The fourth-order valence-electron chi connectivity index (χ4n) is 1.90. The van der Waals surface area contributed by atoms with Crippen molar-refractivity contribution in [2.75, 3.05) is 13.7 Å². The SMILES string of the molecule is COC(=O)C(COc1ccc(C(F)(F)F)cc1Cl)Oc1ccccc1. The zero-order valence-corrected chi connectivity index (χ0v) is 13.8. The number of halogens is 4. The van der Waals surface area contributed by atoms with Gasteiger partial charge >= 0.3 is 12.1 Å². The van der Waals surface area contributed by atoms with Crippen molar-refractivity contribution in [2.45, 2.75) is 12.3 Å². The average Bonchev–Trinajstić information content (AvgIpc) is 2.58. The molecular weight excluding hydrogens is 361 g/mol. The summed E-state index contributed by atoms with van der Waals surface area (Å²) < 4.78 is 53.3. The van der Waals surface area contributed by atoms with Crippen LogP contribution in [0.4, 0.5) is 13.2 Å². The van der Waals surface area contributed by atoms with Gasteiger partial charge in [-0.3, -0.25) is 0 Å². The molecular formula is C17H14ClF3O4. The number of methoxy groups -OCH3 is 1. The Balaban J connectivity index is 2.09. The predicted octanol–water partition coefficient (Wildman–Crippen LogP) is 4.36. The van der Waals surface area contributed by atoms with Gasteiger partial charge < -0.3 is 14.2 Å². The first-order chi connectivity index (χ1) is 11.8. The molecule has 0 spiro atoms. The van der Waals surface area contributed by atoms with Gasteiger partial charge in [-0.25, -0.2) is 4.79 Å². The largest absolute Gasteiger partial charge is 0.488 e. The quantitative estimate of drug-likeness (QED) is 0.705. The summed E-state index contributed by atoms with van der Waals surface area (Å²) in [4.78, 5) is 11.8. The van der Waals surface area contributed by atoms with Crippen molar-refractivity contribution in [2.24, 2.45) is 0 Å². The van der Waals surface area contributed by atoms with E-state index < -0.39 is 23.8 Å². The number of hydrogen-bond donors (Lipinski definition) is 0. The number of esters is 1. The molecule has 25 heavy (non-hydrogen) atoms. The van der Waals surface area contributed by atoms with Crippen LogP contribution in [0.5, 0.6) is 11.5 Å². The molecule has 2 aromatic carbocycles. The van der Waals surface area contributed by atoms with Gasteiger partial charge in [0.25, 0.3) is 0 Å².